The van der Waals surface area contributed by atoms with E-state index in [0.717, 1.165) is 25.7 Å². The third-order valence-electron chi connectivity index (χ3n) is 3.80. The Bertz CT molecular complexity index is 470. The fraction of sp³-hybridized carbons (Fsp3) is 0.562. The van der Waals surface area contributed by atoms with Crippen molar-refractivity contribution in [1.82, 2.24) is 5.32 Å². The van der Waals surface area contributed by atoms with Gasteiger partial charge in [-0.05, 0) is 50.5 Å². The van der Waals surface area contributed by atoms with Crippen LogP contribution < -0.4 is 15.8 Å². The minimum atomic E-state index is -0.294. The van der Waals surface area contributed by atoms with Gasteiger partial charge in [-0.1, -0.05) is 6.42 Å². The molecule has 3 atom stereocenters. The van der Waals surface area contributed by atoms with Crippen LogP contribution in [0.25, 0.3) is 0 Å². The number of halogens is 2. The van der Waals surface area contributed by atoms with Crippen molar-refractivity contribution in [2.75, 3.05) is 6.54 Å². The Hall–Kier alpha value is -1.33. The first-order valence-electron chi connectivity index (χ1n) is 7.50. The molecule has 0 saturated heterocycles. The lowest BCUT2D eigenvalue weighted by molar-refractivity contribution is -0.126. The molecule has 0 radical (unpaired) electrons. The number of nitrogens with two attached hydrogens (primary N) is 1. The minimum absolute atomic E-state index is 0. The first-order chi connectivity index (χ1) is 10.0. The zero-order chi connectivity index (χ0) is 15.2. The zero-order valence-electron chi connectivity index (χ0n) is 12.8. The van der Waals surface area contributed by atoms with Crippen LogP contribution in [0.1, 0.15) is 32.6 Å². The molecule has 1 saturated carbocycles. The summed E-state index contributed by atoms with van der Waals surface area (Å²) in [6, 6.07) is 6.00. The van der Waals surface area contributed by atoms with E-state index in [9.17, 15) is 9.18 Å². The number of ether oxygens (including phenoxy) is 1. The highest BCUT2D eigenvalue weighted by atomic mass is 35.5. The van der Waals surface area contributed by atoms with Gasteiger partial charge in [0.05, 0.1) is 6.54 Å². The average molecular weight is 331 g/mol. The fourth-order valence-electron chi connectivity index (χ4n) is 2.64. The Morgan fingerprint density at radius 3 is 2.73 bits per heavy atom. The predicted octanol–water partition coefficient (Wildman–Crippen LogP) is 2.65. The van der Waals surface area contributed by atoms with Crippen LogP contribution in [0.2, 0.25) is 0 Å². The van der Waals surface area contributed by atoms with Gasteiger partial charge in [0.25, 0.3) is 0 Å². The van der Waals surface area contributed by atoms with Crippen molar-refractivity contribution in [1.29, 1.82) is 0 Å². The molecule has 1 aromatic carbocycles. The molecule has 4 nitrogen and oxygen atoms in total. The van der Waals surface area contributed by atoms with Crippen LogP contribution in [-0.4, -0.2) is 24.6 Å². The SMILES string of the molecule is CC(CNC(=O)C1CCCC(N)C1)Oc1ccc(F)cc1.Cl. The van der Waals surface area contributed by atoms with Crippen LogP contribution in [0.3, 0.4) is 0 Å². The maximum atomic E-state index is 12.8. The summed E-state index contributed by atoms with van der Waals surface area (Å²) in [7, 11) is 0. The number of benzene rings is 1. The molecule has 1 aliphatic carbocycles. The summed E-state index contributed by atoms with van der Waals surface area (Å²) in [5, 5.41) is 2.91. The Morgan fingerprint density at radius 1 is 1.41 bits per heavy atom. The number of hydrogen-bond donors (Lipinski definition) is 2. The number of hydrogen-bond acceptors (Lipinski definition) is 3. The molecule has 2 rings (SSSR count). The minimum Gasteiger partial charge on any atom is -0.489 e. The van der Waals surface area contributed by atoms with E-state index < -0.39 is 0 Å². The topological polar surface area (TPSA) is 64.4 Å². The molecule has 0 heterocycles. The van der Waals surface area contributed by atoms with E-state index >= 15 is 0 Å². The van der Waals surface area contributed by atoms with Crippen molar-refractivity contribution < 1.29 is 13.9 Å². The van der Waals surface area contributed by atoms with Crippen LogP contribution in [0.5, 0.6) is 5.75 Å². The number of rotatable bonds is 5. The van der Waals surface area contributed by atoms with Gasteiger partial charge in [0.2, 0.25) is 5.91 Å². The molecule has 1 aliphatic rings. The molecule has 124 valence electrons. The Balaban J connectivity index is 0.00000242. The standard InChI is InChI=1S/C16H23FN2O2.ClH/c1-11(21-15-7-5-13(17)6-8-15)10-19-16(20)12-3-2-4-14(18)9-12;/h5-8,11-12,14H,2-4,9-10,18H2,1H3,(H,19,20);1H. The van der Waals surface area contributed by atoms with E-state index in [4.69, 9.17) is 10.5 Å². The molecular weight excluding hydrogens is 307 g/mol. The highest BCUT2D eigenvalue weighted by molar-refractivity contribution is 5.85. The summed E-state index contributed by atoms with van der Waals surface area (Å²) in [4.78, 5) is 12.1. The normalized spacial score (nSPS) is 22.3. The first-order valence-corrected chi connectivity index (χ1v) is 7.50. The number of nitrogens with one attached hydrogen (secondary N) is 1. The molecule has 1 aromatic rings. The second-order valence-corrected chi connectivity index (χ2v) is 5.75. The summed E-state index contributed by atoms with van der Waals surface area (Å²) in [6.07, 6.45) is 3.53. The summed E-state index contributed by atoms with van der Waals surface area (Å²) in [5.41, 5.74) is 5.90. The van der Waals surface area contributed by atoms with Crippen molar-refractivity contribution in [3.8, 4) is 5.75 Å². The number of carbonyl (C=O) groups is 1. The zero-order valence-corrected chi connectivity index (χ0v) is 13.6. The Kier molecular flexibility index (Phi) is 7.62. The van der Waals surface area contributed by atoms with Crippen molar-refractivity contribution in [3.05, 3.63) is 30.1 Å². The molecule has 22 heavy (non-hydrogen) atoms. The Labute approximate surface area is 137 Å². The maximum absolute atomic E-state index is 12.8. The molecule has 1 fully saturated rings. The molecule has 0 bridgehead atoms. The molecular formula is C16H24ClFN2O2. The van der Waals surface area contributed by atoms with Gasteiger partial charge in [-0.15, -0.1) is 12.4 Å². The van der Waals surface area contributed by atoms with E-state index in [0.29, 0.717) is 12.3 Å². The highest BCUT2D eigenvalue weighted by Crippen LogP contribution is 2.23. The smallest absolute Gasteiger partial charge is 0.223 e. The van der Waals surface area contributed by atoms with Crippen LogP contribution in [0.15, 0.2) is 24.3 Å². The molecule has 1 amide bonds. The average Bonchev–Trinajstić information content (AvgIpc) is 2.47. The maximum Gasteiger partial charge on any atom is 0.223 e. The lowest BCUT2D eigenvalue weighted by Crippen LogP contribution is -2.41. The highest BCUT2D eigenvalue weighted by Gasteiger charge is 2.25. The third-order valence-corrected chi connectivity index (χ3v) is 3.80. The van der Waals surface area contributed by atoms with Gasteiger partial charge in [-0.3, -0.25) is 4.79 Å². The van der Waals surface area contributed by atoms with E-state index in [2.05, 4.69) is 5.32 Å². The van der Waals surface area contributed by atoms with Gasteiger partial charge in [-0.25, -0.2) is 4.39 Å². The molecule has 0 spiro atoms. The van der Waals surface area contributed by atoms with E-state index in [-0.39, 0.29) is 42.2 Å². The monoisotopic (exact) mass is 330 g/mol. The quantitative estimate of drug-likeness (QED) is 0.872. The summed E-state index contributed by atoms with van der Waals surface area (Å²) in [6.45, 7) is 2.30. The van der Waals surface area contributed by atoms with Crippen LogP contribution in [0, 0.1) is 11.7 Å². The third kappa shape index (κ3) is 5.81. The van der Waals surface area contributed by atoms with E-state index in [1.54, 1.807) is 12.1 Å². The lowest BCUT2D eigenvalue weighted by atomic mass is 9.85. The van der Waals surface area contributed by atoms with Crippen molar-refractivity contribution in [2.45, 2.75) is 44.8 Å². The van der Waals surface area contributed by atoms with Crippen LogP contribution >= 0.6 is 12.4 Å². The molecule has 6 heteroatoms. The largest absolute Gasteiger partial charge is 0.489 e. The van der Waals surface area contributed by atoms with Crippen molar-refractivity contribution >= 4 is 18.3 Å². The van der Waals surface area contributed by atoms with Gasteiger partial charge < -0.3 is 15.8 Å². The molecule has 0 aliphatic heterocycles. The van der Waals surface area contributed by atoms with E-state index in [1.807, 2.05) is 6.92 Å². The summed E-state index contributed by atoms with van der Waals surface area (Å²) in [5.74, 6) is 0.376. The van der Waals surface area contributed by atoms with Crippen LogP contribution in [-0.2, 0) is 4.79 Å². The lowest BCUT2D eigenvalue weighted by Gasteiger charge is -2.26. The Morgan fingerprint density at radius 2 is 2.09 bits per heavy atom. The fourth-order valence-corrected chi connectivity index (χ4v) is 2.64. The van der Waals surface area contributed by atoms with E-state index in [1.165, 1.54) is 12.1 Å². The van der Waals surface area contributed by atoms with Gasteiger partial charge in [0.1, 0.15) is 17.7 Å². The second kappa shape index (κ2) is 8.96. The number of carbonyl (C=O) groups excluding carboxylic acids is 1. The second-order valence-electron chi connectivity index (χ2n) is 5.75. The molecule has 3 unspecified atom stereocenters. The first kappa shape index (κ1) is 18.7. The number of amides is 1. The summed E-state index contributed by atoms with van der Waals surface area (Å²) < 4.78 is 18.4. The van der Waals surface area contributed by atoms with Gasteiger partial charge in [0.15, 0.2) is 0 Å². The van der Waals surface area contributed by atoms with Crippen molar-refractivity contribution in [2.24, 2.45) is 11.7 Å². The molecule has 3 N–H and O–H groups in total. The molecule has 0 aromatic heterocycles. The predicted molar refractivity (Wildman–Crippen MR) is 86.7 cm³/mol. The van der Waals surface area contributed by atoms with Crippen LogP contribution in [0.4, 0.5) is 4.39 Å². The van der Waals surface area contributed by atoms with Gasteiger partial charge >= 0.3 is 0 Å². The van der Waals surface area contributed by atoms with Gasteiger partial charge in [-0.2, -0.15) is 0 Å². The summed E-state index contributed by atoms with van der Waals surface area (Å²) >= 11 is 0. The van der Waals surface area contributed by atoms with Gasteiger partial charge in [0, 0.05) is 12.0 Å². The van der Waals surface area contributed by atoms with Crippen molar-refractivity contribution in [3.63, 3.8) is 0 Å².